The first-order chi connectivity index (χ1) is 5.29. The van der Waals surface area contributed by atoms with E-state index in [1.54, 1.807) is 24.3 Å². The van der Waals surface area contributed by atoms with E-state index in [0.29, 0.717) is 11.1 Å². The van der Waals surface area contributed by atoms with Crippen molar-refractivity contribution in [2.45, 2.75) is 0 Å². The highest BCUT2D eigenvalue weighted by molar-refractivity contribution is 6.21. The van der Waals surface area contributed by atoms with E-state index in [9.17, 15) is 9.59 Å². The van der Waals surface area contributed by atoms with Gasteiger partial charge in [0.1, 0.15) is 0 Å². The van der Waals surface area contributed by atoms with Gasteiger partial charge in [0.05, 0.1) is 11.1 Å². The first-order valence-corrected chi connectivity index (χ1v) is 3.24. The number of halogens is 1. The molecule has 0 unspecified atom stereocenters. The number of quaternary nitrogens is 1. The van der Waals surface area contributed by atoms with Gasteiger partial charge in [0.15, 0.2) is 0 Å². The molecular formula is C8H9ClN2O2. The highest BCUT2D eigenvalue weighted by Crippen LogP contribution is 2.13. The monoisotopic (exact) mass is 200 g/mol. The summed E-state index contributed by atoms with van der Waals surface area (Å²) in [5.41, 5.74) is 0.940. The smallest absolute Gasteiger partial charge is 0.258 e. The molecule has 2 amide bonds. The minimum atomic E-state index is -0.300. The van der Waals surface area contributed by atoms with E-state index in [1.165, 1.54) is 0 Å². The van der Waals surface area contributed by atoms with Crippen molar-refractivity contribution in [1.29, 1.82) is 0 Å². The van der Waals surface area contributed by atoms with Crippen LogP contribution < -0.4 is 23.9 Å². The summed E-state index contributed by atoms with van der Waals surface area (Å²) in [5.74, 6) is -0.601. The van der Waals surface area contributed by atoms with Crippen LogP contribution in [0.25, 0.3) is 0 Å². The number of hydrogen-bond acceptors (Lipinski definition) is 2. The second-order valence-corrected chi connectivity index (χ2v) is 2.33. The number of imide groups is 1. The van der Waals surface area contributed by atoms with Crippen LogP contribution in [0.4, 0.5) is 0 Å². The van der Waals surface area contributed by atoms with Crippen LogP contribution in [-0.4, -0.2) is 11.8 Å². The Balaban J connectivity index is 0.000000720. The highest BCUT2D eigenvalue weighted by atomic mass is 35.5. The summed E-state index contributed by atoms with van der Waals surface area (Å²) in [5, 5.41) is 2.20. The quantitative estimate of drug-likeness (QED) is 0.473. The molecule has 0 saturated carbocycles. The Kier molecular flexibility index (Phi) is 3.59. The van der Waals surface area contributed by atoms with Gasteiger partial charge in [0.2, 0.25) is 0 Å². The topological polar surface area (TPSA) is 82.7 Å². The Bertz CT molecular complexity index is 319. The predicted molar refractivity (Wildman–Crippen MR) is 44.2 cm³/mol. The summed E-state index contributed by atoms with van der Waals surface area (Å²) in [6, 6.07) is 6.74. The van der Waals surface area contributed by atoms with Crippen LogP contribution in [-0.2, 0) is 0 Å². The fraction of sp³-hybridized carbons (Fsp3) is 0. The van der Waals surface area contributed by atoms with Crippen molar-refractivity contribution < 1.29 is 22.0 Å². The summed E-state index contributed by atoms with van der Waals surface area (Å²) >= 11 is 0. The second-order valence-electron chi connectivity index (χ2n) is 2.33. The van der Waals surface area contributed by atoms with Gasteiger partial charge < -0.3 is 18.6 Å². The number of benzene rings is 1. The van der Waals surface area contributed by atoms with E-state index in [4.69, 9.17) is 0 Å². The normalized spacial score (nSPS) is 12.3. The number of rotatable bonds is 0. The van der Waals surface area contributed by atoms with Crippen LogP contribution in [0.5, 0.6) is 0 Å². The van der Waals surface area contributed by atoms with E-state index in [0.717, 1.165) is 0 Å². The third-order valence-corrected chi connectivity index (χ3v) is 1.64. The third kappa shape index (κ3) is 1.68. The average molecular weight is 201 g/mol. The number of amides is 2. The molecule has 4 nitrogen and oxygen atoms in total. The van der Waals surface area contributed by atoms with Crippen molar-refractivity contribution in [2.24, 2.45) is 0 Å². The zero-order valence-electron chi connectivity index (χ0n) is 7.00. The molecule has 13 heavy (non-hydrogen) atoms. The summed E-state index contributed by atoms with van der Waals surface area (Å²) in [6.07, 6.45) is 0. The number of nitrogens with one attached hydrogen (secondary N) is 1. The molecule has 1 aromatic rings. The van der Waals surface area contributed by atoms with Crippen LogP contribution in [0, 0.1) is 0 Å². The summed E-state index contributed by atoms with van der Waals surface area (Å²) in [7, 11) is 0. The third-order valence-electron chi connectivity index (χ3n) is 1.64. The molecule has 1 heterocycles. The lowest BCUT2D eigenvalue weighted by atomic mass is 10.1. The SMILES string of the molecule is O=C1NC(=O)c2ccccc21.[Cl-].[NH4+]. The summed E-state index contributed by atoms with van der Waals surface area (Å²) in [4.78, 5) is 21.9. The molecule has 2 rings (SSSR count). The molecule has 5 N–H and O–H groups in total. The van der Waals surface area contributed by atoms with E-state index < -0.39 is 0 Å². The van der Waals surface area contributed by atoms with Gasteiger partial charge in [-0.1, -0.05) is 12.1 Å². The Morgan fingerprint density at radius 2 is 1.31 bits per heavy atom. The zero-order chi connectivity index (χ0) is 7.84. The number of carbonyl (C=O) groups is 2. The molecule has 0 aromatic heterocycles. The lowest BCUT2D eigenvalue weighted by molar-refractivity contribution is -0.0000210. The van der Waals surface area contributed by atoms with Crippen LogP contribution in [0.1, 0.15) is 20.7 Å². The largest absolute Gasteiger partial charge is 1.00 e. The van der Waals surface area contributed by atoms with Crippen molar-refractivity contribution in [1.82, 2.24) is 11.5 Å². The number of hydrogen-bond donors (Lipinski definition) is 2. The minimum absolute atomic E-state index is 0. The van der Waals surface area contributed by atoms with Gasteiger partial charge in [-0.3, -0.25) is 14.9 Å². The van der Waals surface area contributed by atoms with Gasteiger partial charge in [0, 0.05) is 0 Å². The Labute approximate surface area is 81.3 Å². The van der Waals surface area contributed by atoms with E-state index >= 15 is 0 Å². The molecule has 0 aliphatic carbocycles. The van der Waals surface area contributed by atoms with Crippen LogP contribution >= 0.6 is 0 Å². The maximum Gasteiger partial charge on any atom is 0.258 e. The van der Waals surface area contributed by atoms with Crippen molar-refractivity contribution in [3.8, 4) is 0 Å². The fourth-order valence-corrected chi connectivity index (χ4v) is 1.12. The van der Waals surface area contributed by atoms with Gasteiger partial charge in [-0.25, -0.2) is 0 Å². The maximum absolute atomic E-state index is 10.9. The molecule has 1 aliphatic rings. The molecule has 0 fully saturated rings. The molecular weight excluding hydrogens is 192 g/mol. The average Bonchev–Trinajstić information content (AvgIpc) is 2.30. The first kappa shape index (κ1) is 11.6. The van der Waals surface area contributed by atoms with E-state index in [1.807, 2.05) is 0 Å². The first-order valence-electron chi connectivity index (χ1n) is 3.24. The van der Waals surface area contributed by atoms with Crippen molar-refractivity contribution in [2.75, 3.05) is 0 Å². The van der Waals surface area contributed by atoms with Gasteiger partial charge in [-0.15, -0.1) is 0 Å². The molecule has 0 atom stereocenters. The van der Waals surface area contributed by atoms with Gasteiger partial charge >= 0.3 is 0 Å². The standard InChI is InChI=1S/C8H5NO2.ClH.H3N/c10-7-5-3-1-2-4-6(5)8(11)9-7;;/h1-4H,(H,9,10,11);1H;1H3. The molecule has 0 radical (unpaired) electrons. The van der Waals surface area contributed by atoms with E-state index in [2.05, 4.69) is 5.32 Å². The Morgan fingerprint density at radius 3 is 1.69 bits per heavy atom. The van der Waals surface area contributed by atoms with Gasteiger partial charge in [-0.05, 0) is 12.1 Å². The molecule has 0 spiro atoms. The molecule has 70 valence electrons. The Hall–Kier alpha value is -1.39. The second kappa shape index (κ2) is 4.02. The van der Waals surface area contributed by atoms with Crippen LogP contribution in [0.2, 0.25) is 0 Å². The number of fused-ring (bicyclic) bond motifs is 1. The van der Waals surface area contributed by atoms with E-state index in [-0.39, 0.29) is 30.4 Å². The predicted octanol–water partition coefficient (Wildman–Crippen LogP) is -2.05. The number of carbonyl (C=O) groups excluding carboxylic acids is 2. The summed E-state index contributed by atoms with van der Waals surface area (Å²) in [6.45, 7) is 0. The fourth-order valence-electron chi connectivity index (χ4n) is 1.12. The molecule has 5 heteroatoms. The minimum Gasteiger partial charge on any atom is -1.00 e. The highest BCUT2D eigenvalue weighted by Gasteiger charge is 2.25. The van der Waals surface area contributed by atoms with Gasteiger partial charge in [0.25, 0.3) is 11.8 Å². The van der Waals surface area contributed by atoms with Crippen molar-refractivity contribution in [3.63, 3.8) is 0 Å². The molecule has 0 saturated heterocycles. The van der Waals surface area contributed by atoms with Crippen LogP contribution in [0.15, 0.2) is 24.3 Å². The molecule has 0 bridgehead atoms. The maximum atomic E-state index is 10.9. The lowest BCUT2D eigenvalue weighted by Gasteiger charge is -1.88. The van der Waals surface area contributed by atoms with Crippen molar-refractivity contribution in [3.05, 3.63) is 35.4 Å². The zero-order valence-corrected chi connectivity index (χ0v) is 7.76. The molecule has 1 aliphatic heterocycles. The van der Waals surface area contributed by atoms with Gasteiger partial charge in [-0.2, -0.15) is 0 Å². The lowest BCUT2D eigenvalue weighted by Crippen LogP contribution is -3.00. The summed E-state index contributed by atoms with van der Waals surface area (Å²) < 4.78 is 0. The molecule has 1 aromatic carbocycles. The van der Waals surface area contributed by atoms with Crippen LogP contribution in [0.3, 0.4) is 0 Å². The van der Waals surface area contributed by atoms with Crippen molar-refractivity contribution >= 4 is 11.8 Å². The Morgan fingerprint density at radius 1 is 0.923 bits per heavy atom.